The molecule has 8 heteroatoms. The van der Waals surface area contributed by atoms with Gasteiger partial charge < -0.3 is 4.74 Å². The molecule has 32 heavy (non-hydrogen) atoms. The molecule has 0 bridgehead atoms. The predicted molar refractivity (Wildman–Crippen MR) is 124 cm³/mol. The van der Waals surface area contributed by atoms with Crippen molar-refractivity contribution in [2.75, 3.05) is 10.8 Å². The van der Waals surface area contributed by atoms with Crippen LogP contribution >= 0.6 is 11.6 Å². The number of ketones is 1. The number of para-hydroxylation sites is 1. The molecule has 0 aromatic heterocycles. The molecule has 3 aromatic carbocycles. The number of sulfonamides is 1. The largest absolute Gasteiger partial charge is 0.423 e. The van der Waals surface area contributed by atoms with Crippen LogP contribution in [0.4, 0.5) is 5.69 Å². The summed E-state index contributed by atoms with van der Waals surface area (Å²) >= 11 is 6.22. The first kappa shape index (κ1) is 23.2. The lowest BCUT2D eigenvalue weighted by Crippen LogP contribution is -2.31. The van der Waals surface area contributed by atoms with E-state index < -0.39 is 16.0 Å². The third-order valence-electron chi connectivity index (χ3n) is 4.55. The summed E-state index contributed by atoms with van der Waals surface area (Å²) in [7, 11) is -4.05. The lowest BCUT2D eigenvalue weighted by atomic mass is 10.1. The van der Waals surface area contributed by atoms with Gasteiger partial charge in [0.2, 0.25) is 0 Å². The van der Waals surface area contributed by atoms with E-state index in [1.807, 2.05) is 0 Å². The predicted octanol–water partition coefficient (Wildman–Crippen LogP) is 5.14. The van der Waals surface area contributed by atoms with E-state index in [0.717, 1.165) is 4.31 Å². The Morgan fingerprint density at radius 1 is 1.00 bits per heavy atom. The van der Waals surface area contributed by atoms with Crippen molar-refractivity contribution >= 4 is 39.1 Å². The fourth-order valence-electron chi connectivity index (χ4n) is 2.93. The molecule has 0 aliphatic heterocycles. The molecule has 0 aliphatic rings. The van der Waals surface area contributed by atoms with E-state index in [9.17, 15) is 18.0 Å². The van der Waals surface area contributed by atoms with E-state index in [1.54, 1.807) is 36.4 Å². The first-order chi connectivity index (χ1) is 15.2. The van der Waals surface area contributed by atoms with Crippen LogP contribution in [0, 0.1) is 0 Å². The summed E-state index contributed by atoms with van der Waals surface area (Å²) in [6.07, 6.45) is 1.45. The lowest BCUT2D eigenvalue weighted by Gasteiger charge is -2.24. The summed E-state index contributed by atoms with van der Waals surface area (Å²) < 4.78 is 33.1. The standard InChI is InChI=1S/C24H20ClNO5S/c1-3-15-26(23-10-5-4-9-22(23)25)32(29,30)21-8-6-7-19(16-21)24(28)31-20-13-11-18(12-14-20)17(2)27/h3-14,16H,1,15H2,2H3. The van der Waals surface area contributed by atoms with Gasteiger partial charge in [-0.3, -0.25) is 9.10 Å². The summed E-state index contributed by atoms with van der Waals surface area (Å²) in [5.41, 5.74) is 0.840. The van der Waals surface area contributed by atoms with Gasteiger partial charge in [0.25, 0.3) is 10.0 Å². The Balaban J connectivity index is 1.91. The molecule has 164 valence electrons. The minimum Gasteiger partial charge on any atom is -0.423 e. The van der Waals surface area contributed by atoms with Gasteiger partial charge >= 0.3 is 5.97 Å². The van der Waals surface area contributed by atoms with Crippen molar-refractivity contribution in [3.8, 4) is 5.75 Å². The van der Waals surface area contributed by atoms with Crippen molar-refractivity contribution in [1.82, 2.24) is 0 Å². The number of rotatable bonds is 8. The average Bonchev–Trinajstić information content (AvgIpc) is 2.78. The van der Waals surface area contributed by atoms with Crippen molar-refractivity contribution in [3.05, 3.63) is 102 Å². The second-order valence-electron chi connectivity index (χ2n) is 6.77. The van der Waals surface area contributed by atoms with Gasteiger partial charge in [-0.25, -0.2) is 13.2 Å². The number of benzene rings is 3. The van der Waals surface area contributed by atoms with Crippen LogP contribution < -0.4 is 9.04 Å². The molecule has 0 saturated heterocycles. The van der Waals surface area contributed by atoms with Crippen LogP contribution in [0.5, 0.6) is 5.75 Å². The highest BCUT2D eigenvalue weighted by Gasteiger charge is 2.26. The van der Waals surface area contributed by atoms with Crippen LogP contribution in [0.25, 0.3) is 0 Å². The first-order valence-corrected chi connectivity index (χ1v) is 11.4. The average molecular weight is 470 g/mol. The van der Waals surface area contributed by atoms with Crippen LogP contribution in [-0.4, -0.2) is 26.7 Å². The van der Waals surface area contributed by atoms with Crippen molar-refractivity contribution in [2.24, 2.45) is 0 Å². The van der Waals surface area contributed by atoms with Crippen LogP contribution in [0.3, 0.4) is 0 Å². The van der Waals surface area contributed by atoms with E-state index in [4.69, 9.17) is 16.3 Å². The van der Waals surface area contributed by atoms with Crippen molar-refractivity contribution in [3.63, 3.8) is 0 Å². The maximum absolute atomic E-state index is 13.3. The van der Waals surface area contributed by atoms with Crippen LogP contribution in [0.1, 0.15) is 27.6 Å². The molecule has 0 unspecified atom stereocenters. The molecular weight excluding hydrogens is 450 g/mol. The Morgan fingerprint density at radius 2 is 1.69 bits per heavy atom. The minimum absolute atomic E-state index is 0.0107. The summed E-state index contributed by atoms with van der Waals surface area (Å²) in [6.45, 7) is 5.05. The summed E-state index contributed by atoms with van der Waals surface area (Å²) in [5, 5.41) is 0.266. The second kappa shape index (κ2) is 9.80. The fraction of sp³-hybridized carbons (Fsp3) is 0.0833. The number of hydrogen-bond donors (Lipinski definition) is 0. The molecule has 0 N–H and O–H groups in total. The molecule has 0 amide bonds. The zero-order valence-corrected chi connectivity index (χ0v) is 18.8. The molecule has 0 fully saturated rings. The van der Waals surface area contributed by atoms with Crippen molar-refractivity contribution in [2.45, 2.75) is 11.8 Å². The molecule has 3 aromatic rings. The van der Waals surface area contributed by atoms with Gasteiger partial charge in [0.1, 0.15) is 5.75 Å². The van der Waals surface area contributed by atoms with Crippen molar-refractivity contribution in [1.29, 1.82) is 0 Å². The highest BCUT2D eigenvalue weighted by molar-refractivity contribution is 7.92. The Labute approximate surface area is 191 Å². The Kier molecular flexibility index (Phi) is 7.12. The fourth-order valence-corrected chi connectivity index (χ4v) is 4.72. The third-order valence-corrected chi connectivity index (χ3v) is 6.64. The summed E-state index contributed by atoms with van der Waals surface area (Å²) in [5.74, 6) is -0.605. The minimum atomic E-state index is -4.05. The monoisotopic (exact) mass is 469 g/mol. The van der Waals surface area contributed by atoms with Crippen LogP contribution in [0.15, 0.2) is 90.3 Å². The molecule has 6 nitrogen and oxygen atoms in total. The molecule has 0 radical (unpaired) electrons. The Morgan fingerprint density at radius 3 is 2.31 bits per heavy atom. The van der Waals surface area contributed by atoms with Gasteiger partial charge in [-0.15, -0.1) is 6.58 Å². The van der Waals surface area contributed by atoms with Gasteiger partial charge in [0.15, 0.2) is 5.78 Å². The van der Waals surface area contributed by atoms with Crippen LogP contribution in [-0.2, 0) is 10.0 Å². The maximum Gasteiger partial charge on any atom is 0.343 e. The Hall–Kier alpha value is -3.42. The molecular formula is C24H20ClNO5S. The van der Waals surface area contributed by atoms with Gasteiger partial charge in [-0.1, -0.05) is 35.9 Å². The molecule has 0 atom stereocenters. The number of nitrogens with zero attached hydrogens (tertiary/aromatic N) is 1. The van der Waals surface area contributed by atoms with Crippen molar-refractivity contribution < 1.29 is 22.7 Å². The van der Waals surface area contributed by atoms with Gasteiger partial charge in [-0.05, 0) is 61.5 Å². The third kappa shape index (κ3) is 5.07. The number of carbonyl (C=O) groups excluding carboxylic acids is 2. The highest BCUT2D eigenvalue weighted by atomic mass is 35.5. The number of esters is 1. The molecule has 0 spiro atoms. The summed E-state index contributed by atoms with van der Waals surface area (Å²) in [6, 6.07) is 18.2. The molecule has 0 heterocycles. The Bertz CT molecular complexity index is 1270. The van der Waals surface area contributed by atoms with E-state index >= 15 is 0 Å². The maximum atomic E-state index is 13.3. The number of carbonyl (C=O) groups is 2. The number of hydrogen-bond acceptors (Lipinski definition) is 5. The summed E-state index contributed by atoms with van der Waals surface area (Å²) in [4.78, 5) is 23.9. The number of anilines is 1. The zero-order valence-electron chi connectivity index (χ0n) is 17.2. The number of ether oxygens (including phenoxy) is 1. The van der Waals surface area contributed by atoms with Gasteiger partial charge in [0, 0.05) is 5.56 Å². The highest BCUT2D eigenvalue weighted by Crippen LogP contribution is 2.30. The molecule has 0 saturated carbocycles. The number of halogens is 1. The zero-order chi connectivity index (χ0) is 23.3. The SMILES string of the molecule is C=CCN(c1ccccc1Cl)S(=O)(=O)c1cccc(C(=O)Oc2ccc(C(C)=O)cc2)c1. The quantitative estimate of drug-likeness (QED) is 0.197. The lowest BCUT2D eigenvalue weighted by molar-refractivity contribution is 0.0734. The number of Topliss-reactive ketones (excluding diaryl/α,β-unsaturated/α-hetero) is 1. The van der Waals surface area contributed by atoms with E-state index in [2.05, 4.69) is 6.58 Å². The van der Waals surface area contributed by atoms with Gasteiger partial charge in [-0.2, -0.15) is 0 Å². The second-order valence-corrected chi connectivity index (χ2v) is 9.04. The first-order valence-electron chi connectivity index (χ1n) is 9.55. The molecule has 0 aliphatic carbocycles. The van der Waals surface area contributed by atoms with Crippen LogP contribution in [0.2, 0.25) is 5.02 Å². The topological polar surface area (TPSA) is 80.8 Å². The van der Waals surface area contributed by atoms with E-state index in [1.165, 1.54) is 49.4 Å². The normalized spacial score (nSPS) is 10.9. The van der Waals surface area contributed by atoms with E-state index in [0.29, 0.717) is 11.3 Å². The smallest absolute Gasteiger partial charge is 0.343 e. The van der Waals surface area contributed by atoms with Gasteiger partial charge in [0.05, 0.1) is 27.7 Å². The van der Waals surface area contributed by atoms with E-state index in [-0.39, 0.29) is 33.6 Å². The molecule has 3 rings (SSSR count).